The molecular formula is C22H27N3O4. The molecule has 0 radical (unpaired) electrons. The molecule has 1 fully saturated rings. The van der Waals surface area contributed by atoms with E-state index in [2.05, 4.69) is 10.6 Å². The first-order valence-electron chi connectivity index (χ1n) is 10.0. The maximum absolute atomic E-state index is 12.9. The van der Waals surface area contributed by atoms with Crippen LogP contribution in [0.3, 0.4) is 0 Å². The summed E-state index contributed by atoms with van der Waals surface area (Å²) >= 11 is 0. The lowest BCUT2D eigenvalue weighted by Gasteiger charge is -2.35. The van der Waals surface area contributed by atoms with E-state index in [1.807, 2.05) is 17.9 Å². The number of nitrogens with zero attached hydrogens (tertiary/aromatic N) is 1. The van der Waals surface area contributed by atoms with E-state index in [1.165, 1.54) is 0 Å². The molecule has 1 unspecified atom stereocenters. The Morgan fingerprint density at radius 1 is 1.10 bits per heavy atom. The third kappa shape index (κ3) is 5.47. The molecule has 1 atom stereocenters. The fourth-order valence-electron chi connectivity index (χ4n) is 3.61. The van der Waals surface area contributed by atoms with Gasteiger partial charge >= 0.3 is 0 Å². The lowest BCUT2D eigenvalue weighted by Crippen LogP contribution is -2.53. The summed E-state index contributed by atoms with van der Waals surface area (Å²) in [4.78, 5) is 39.4. The molecule has 2 heterocycles. The molecule has 2 aromatic rings. The van der Waals surface area contributed by atoms with E-state index in [4.69, 9.17) is 4.42 Å². The summed E-state index contributed by atoms with van der Waals surface area (Å²) in [5.41, 5.74) is 0.509. The molecule has 0 spiro atoms. The zero-order valence-electron chi connectivity index (χ0n) is 16.6. The van der Waals surface area contributed by atoms with Crippen LogP contribution in [0.25, 0.3) is 0 Å². The first-order chi connectivity index (χ1) is 14.1. The Hall–Kier alpha value is -3.09. The van der Waals surface area contributed by atoms with Crippen molar-refractivity contribution in [2.24, 2.45) is 5.92 Å². The van der Waals surface area contributed by atoms with Crippen molar-refractivity contribution in [3.63, 3.8) is 0 Å². The Morgan fingerprint density at radius 2 is 1.83 bits per heavy atom. The number of hydrogen-bond acceptors (Lipinski definition) is 4. The molecule has 3 rings (SSSR count). The maximum Gasteiger partial charge on any atom is 0.251 e. The second-order valence-corrected chi connectivity index (χ2v) is 7.19. The van der Waals surface area contributed by atoms with Gasteiger partial charge in [-0.1, -0.05) is 25.1 Å². The van der Waals surface area contributed by atoms with E-state index >= 15 is 0 Å². The quantitative estimate of drug-likeness (QED) is 0.750. The molecule has 0 aliphatic carbocycles. The predicted octanol–water partition coefficient (Wildman–Crippen LogP) is 2.34. The summed E-state index contributed by atoms with van der Waals surface area (Å²) in [6, 6.07) is 11.7. The second kappa shape index (κ2) is 9.91. The van der Waals surface area contributed by atoms with Gasteiger partial charge in [0.2, 0.25) is 11.8 Å². The van der Waals surface area contributed by atoms with Crippen LogP contribution in [0.2, 0.25) is 0 Å². The molecule has 0 saturated carbocycles. The van der Waals surface area contributed by atoms with Crippen molar-refractivity contribution in [3.8, 4) is 0 Å². The first kappa shape index (κ1) is 20.6. The van der Waals surface area contributed by atoms with Gasteiger partial charge in [-0.25, -0.2) is 0 Å². The van der Waals surface area contributed by atoms with E-state index in [0.29, 0.717) is 43.7 Å². The Morgan fingerprint density at radius 3 is 2.45 bits per heavy atom. The van der Waals surface area contributed by atoms with E-state index in [9.17, 15) is 14.4 Å². The highest BCUT2D eigenvalue weighted by Gasteiger charge is 2.33. The molecule has 2 N–H and O–H groups in total. The van der Waals surface area contributed by atoms with Crippen LogP contribution < -0.4 is 10.6 Å². The number of nitrogens with one attached hydrogen (secondary N) is 2. The summed E-state index contributed by atoms with van der Waals surface area (Å²) < 4.78 is 5.27. The van der Waals surface area contributed by atoms with Gasteiger partial charge in [0.25, 0.3) is 5.91 Å². The van der Waals surface area contributed by atoms with E-state index in [1.54, 1.807) is 42.7 Å². The minimum Gasteiger partial charge on any atom is -0.467 e. The van der Waals surface area contributed by atoms with Crippen LogP contribution in [0.5, 0.6) is 0 Å². The number of piperidine rings is 1. The Kier molecular flexibility index (Phi) is 7.05. The van der Waals surface area contributed by atoms with Crippen LogP contribution >= 0.6 is 0 Å². The van der Waals surface area contributed by atoms with Crippen molar-refractivity contribution in [3.05, 3.63) is 60.1 Å². The van der Waals surface area contributed by atoms with Gasteiger partial charge in [0.05, 0.1) is 12.8 Å². The molecule has 0 bridgehead atoms. The van der Waals surface area contributed by atoms with Crippen LogP contribution in [0.4, 0.5) is 0 Å². The van der Waals surface area contributed by atoms with Gasteiger partial charge < -0.3 is 20.0 Å². The largest absolute Gasteiger partial charge is 0.467 e. The lowest BCUT2D eigenvalue weighted by molar-refractivity contribution is -0.132. The molecular weight excluding hydrogens is 370 g/mol. The molecule has 7 nitrogen and oxygen atoms in total. The van der Waals surface area contributed by atoms with Crippen LogP contribution in [-0.4, -0.2) is 41.8 Å². The third-order valence-electron chi connectivity index (χ3n) is 5.29. The fourth-order valence-corrected chi connectivity index (χ4v) is 3.61. The third-order valence-corrected chi connectivity index (χ3v) is 5.29. The molecule has 29 heavy (non-hydrogen) atoms. The van der Waals surface area contributed by atoms with Gasteiger partial charge in [-0.3, -0.25) is 14.4 Å². The van der Waals surface area contributed by atoms with E-state index < -0.39 is 6.04 Å². The number of rotatable bonds is 7. The topological polar surface area (TPSA) is 91.7 Å². The fraction of sp³-hybridized carbons (Fsp3) is 0.409. The zero-order chi connectivity index (χ0) is 20.6. The Labute approximate surface area is 170 Å². The van der Waals surface area contributed by atoms with Gasteiger partial charge in [-0.2, -0.15) is 0 Å². The molecule has 7 heteroatoms. The SMILES string of the molecule is CCC(=O)N1CCC(C(NC(=O)c2ccccc2)C(=O)NCc2ccco2)CC1. The van der Waals surface area contributed by atoms with E-state index in [0.717, 1.165) is 0 Å². The average molecular weight is 397 g/mol. The minimum absolute atomic E-state index is 0.0415. The molecule has 1 aliphatic heterocycles. The molecule has 3 amide bonds. The summed E-state index contributed by atoms with van der Waals surface area (Å²) in [5, 5.41) is 5.76. The first-order valence-corrected chi connectivity index (χ1v) is 10.0. The van der Waals surface area contributed by atoms with Gasteiger partial charge in [0.15, 0.2) is 0 Å². The Bertz CT molecular complexity index is 812. The number of amides is 3. The van der Waals surface area contributed by atoms with Crippen LogP contribution in [0.15, 0.2) is 53.1 Å². The summed E-state index contributed by atoms with van der Waals surface area (Å²) in [7, 11) is 0. The highest BCUT2D eigenvalue weighted by molar-refractivity contribution is 5.97. The van der Waals surface area contributed by atoms with Crippen LogP contribution in [0, 0.1) is 5.92 Å². The highest BCUT2D eigenvalue weighted by atomic mass is 16.3. The van der Waals surface area contributed by atoms with Crippen molar-refractivity contribution in [1.82, 2.24) is 15.5 Å². The maximum atomic E-state index is 12.9. The normalized spacial score (nSPS) is 15.6. The number of carbonyl (C=O) groups is 3. The molecule has 154 valence electrons. The van der Waals surface area contributed by atoms with Gasteiger partial charge in [0.1, 0.15) is 11.8 Å². The van der Waals surface area contributed by atoms with Crippen molar-refractivity contribution < 1.29 is 18.8 Å². The summed E-state index contributed by atoms with van der Waals surface area (Å²) in [6.07, 6.45) is 3.36. The number of likely N-dealkylation sites (tertiary alicyclic amines) is 1. The second-order valence-electron chi connectivity index (χ2n) is 7.19. The molecule has 1 saturated heterocycles. The monoisotopic (exact) mass is 397 g/mol. The van der Waals surface area contributed by atoms with Crippen LogP contribution in [-0.2, 0) is 16.1 Å². The number of hydrogen-bond donors (Lipinski definition) is 2. The van der Waals surface area contributed by atoms with Gasteiger partial charge in [-0.05, 0) is 43.0 Å². The van der Waals surface area contributed by atoms with Crippen molar-refractivity contribution in [1.29, 1.82) is 0 Å². The zero-order valence-corrected chi connectivity index (χ0v) is 16.6. The van der Waals surface area contributed by atoms with Crippen LogP contribution in [0.1, 0.15) is 42.3 Å². The Balaban J connectivity index is 1.68. The highest BCUT2D eigenvalue weighted by Crippen LogP contribution is 2.22. The summed E-state index contributed by atoms with van der Waals surface area (Å²) in [5.74, 6) is 0.201. The van der Waals surface area contributed by atoms with Crippen molar-refractivity contribution in [2.75, 3.05) is 13.1 Å². The minimum atomic E-state index is -0.670. The number of furan rings is 1. The smallest absolute Gasteiger partial charge is 0.251 e. The molecule has 1 aliphatic rings. The summed E-state index contributed by atoms with van der Waals surface area (Å²) in [6.45, 7) is 3.30. The van der Waals surface area contributed by atoms with Crippen molar-refractivity contribution in [2.45, 2.75) is 38.8 Å². The average Bonchev–Trinajstić information content (AvgIpc) is 3.29. The van der Waals surface area contributed by atoms with E-state index in [-0.39, 0.29) is 30.2 Å². The number of benzene rings is 1. The standard InChI is InChI=1S/C22H27N3O4/c1-2-19(26)25-12-10-16(11-13-25)20(22(28)23-15-18-9-6-14-29-18)24-21(27)17-7-4-3-5-8-17/h3-9,14,16,20H,2,10-13,15H2,1H3,(H,23,28)(H,24,27). The predicted molar refractivity (Wildman–Crippen MR) is 108 cm³/mol. The van der Waals surface area contributed by atoms with Crippen molar-refractivity contribution >= 4 is 17.7 Å². The molecule has 1 aromatic carbocycles. The molecule has 1 aromatic heterocycles. The van der Waals surface area contributed by atoms with Gasteiger partial charge in [0, 0.05) is 25.1 Å². The van der Waals surface area contributed by atoms with Gasteiger partial charge in [-0.15, -0.1) is 0 Å². The lowest BCUT2D eigenvalue weighted by atomic mass is 9.88. The number of carbonyl (C=O) groups excluding carboxylic acids is 3.